The summed E-state index contributed by atoms with van der Waals surface area (Å²) >= 11 is 0. The highest BCUT2D eigenvalue weighted by molar-refractivity contribution is 6.05. The summed E-state index contributed by atoms with van der Waals surface area (Å²) in [6.45, 7) is 0. The van der Waals surface area contributed by atoms with Crippen molar-refractivity contribution in [2.75, 3.05) is 0 Å². The SMILES string of the molecule is O=C(O)c1nc2ccccc2c(-c2ccccc2)c1-n1cc(C2CC2)nn1. The standard InChI is InChI=1S/C21H16N4O2/c26-21(27)19-20(25-12-17(23-24-25)13-10-11-13)18(14-6-2-1-3-7-14)15-8-4-5-9-16(15)22-19/h1-9,12-13H,10-11H2,(H,26,27). The molecule has 0 unspecified atom stereocenters. The van der Waals surface area contributed by atoms with Crippen molar-refractivity contribution in [1.29, 1.82) is 0 Å². The fourth-order valence-corrected chi connectivity index (χ4v) is 3.42. The Morgan fingerprint density at radius 2 is 1.78 bits per heavy atom. The molecule has 1 fully saturated rings. The molecular formula is C21H16N4O2. The van der Waals surface area contributed by atoms with Gasteiger partial charge in [-0.3, -0.25) is 0 Å². The molecule has 1 saturated carbocycles. The van der Waals surface area contributed by atoms with Gasteiger partial charge in [-0.25, -0.2) is 14.5 Å². The first-order chi connectivity index (χ1) is 13.2. The van der Waals surface area contributed by atoms with E-state index < -0.39 is 5.97 Å². The number of para-hydroxylation sites is 1. The maximum Gasteiger partial charge on any atom is 0.356 e. The van der Waals surface area contributed by atoms with Crippen LogP contribution < -0.4 is 0 Å². The summed E-state index contributed by atoms with van der Waals surface area (Å²) < 4.78 is 1.57. The van der Waals surface area contributed by atoms with Crippen molar-refractivity contribution in [2.24, 2.45) is 0 Å². The van der Waals surface area contributed by atoms with Crippen molar-refractivity contribution >= 4 is 16.9 Å². The van der Waals surface area contributed by atoms with Crippen LogP contribution in [0.2, 0.25) is 0 Å². The van der Waals surface area contributed by atoms with Crippen LogP contribution >= 0.6 is 0 Å². The molecule has 1 N–H and O–H groups in total. The van der Waals surface area contributed by atoms with Gasteiger partial charge in [-0.05, 0) is 24.5 Å². The number of carbonyl (C=O) groups is 1. The minimum Gasteiger partial charge on any atom is -0.476 e. The second kappa shape index (κ2) is 6.02. The van der Waals surface area contributed by atoms with E-state index >= 15 is 0 Å². The fraction of sp³-hybridized carbons (Fsp3) is 0.143. The number of aromatic nitrogens is 4. The fourth-order valence-electron chi connectivity index (χ4n) is 3.42. The van der Waals surface area contributed by atoms with Crippen molar-refractivity contribution in [3.05, 3.63) is 72.2 Å². The molecule has 2 aromatic carbocycles. The number of benzene rings is 2. The van der Waals surface area contributed by atoms with Crippen molar-refractivity contribution in [3.8, 4) is 16.8 Å². The Balaban J connectivity index is 1.88. The lowest BCUT2D eigenvalue weighted by Crippen LogP contribution is -2.11. The molecule has 0 amide bonds. The Morgan fingerprint density at radius 1 is 1.04 bits per heavy atom. The number of rotatable bonds is 4. The summed E-state index contributed by atoms with van der Waals surface area (Å²) in [5, 5.41) is 19.3. The maximum absolute atomic E-state index is 12.1. The van der Waals surface area contributed by atoms with Crippen LogP contribution in [0.1, 0.15) is 34.9 Å². The molecule has 0 radical (unpaired) electrons. The zero-order valence-corrected chi connectivity index (χ0v) is 14.4. The number of aromatic carboxylic acids is 1. The zero-order chi connectivity index (χ0) is 18.4. The third-order valence-electron chi connectivity index (χ3n) is 4.87. The molecule has 5 rings (SSSR count). The van der Waals surface area contributed by atoms with Crippen LogP contribution in [0.5, 0.6) is 0 Å². The average molecular weight is 356 g/mol. The molecule has 132 valence electrons. The number of nitrogens with zero attached hydrogens (tertiary/aromatic N) is 4. The van der Waals surface area contributed by atoms with E-state index in [0.29, 0.717) is 17.1 Å². The summed E-state index contributed by atoms with van der Waals surface area (Å²) in [7, 11) is 0. The molecule has 6 heteroatoms. The lowest BCUT2D eigenvalue weighted by molar-refractivity contribution is 0.0691. The van der Waals surface area contributed by atoms with Crippen LogP contribution in [0.3, 0.4) is 0 Å². The number of hydrogen-bond donors (Lipinski definition) is 1. The molecule has 0 spiro atoms. The number of pyridine rings is 1. The molecule has 0 bridgehead atoms. The quantitative estimate of drug-likeness (QED) is 0.596. The first-order valence-corrected chi connectivity index (χ1v) is 8.86. The summed E-state index contributed by atoms with van der Waals surface area (Å²) in [5.74, 6) is -0.656. The Bertz CT molecular complexity index is 1160. The molecule has 2 aromatic heterocycles. The lowest BCUT2D eigenvalue weighted by Gasteiger charge is -2.15. The molecule has 6 nitrogen and oxygen atoms in total. The molecule has 27 heavy (non-hydrogen) atoms. The van der Waals surface area contributed by atoms with Gasteiger partial charge in [0.05, 0.1) is 17.4 Å². The number of fused-ring (bicyclic) bond motifs is 1. The van der Waals surface area contributed by atoms with Crippen LogP contribution in [0.4, 0.5) is 0 Å². The third kappa shape index (κ3) is 2.66. The van der Waals surface area contributed by atoms with Crippen molar-refractivity contribution in [3.63, 3.8) is 0 Å². The number of carboxylic acid groups (broad SMARTS) is 1. The Kier molecular flexibility index (Phi) is 3.50. The van der Waals surface area contributed by atoms with E-state index in [9.17, 15) is 9.90 Å². The van der Waals surface area contributed by atoms with Gasteiger partial charge in [0.25, 0.3) is 0 Å². The van der Waals surface area contributed by atoms with E-state index in [-0.39, 0.29) is 5.69 Å². The molecule has 1 aliphatic carbocycles. The minimum atomic E-state index is -1.09. The van der Waals surface area contributed by atoms with E-state index in [1.807, 2.05) is 60.8 Å². The van der Waals surface area contributed by atoms with Gasteiger partial charge in [-0.15, -0.1) is 5.10 Å². The predicted molar refractivity (Wildman–Crippen MR) is 101 cm³/mol. The van der Waals surface area contributed by atoms with Gasteiger partial charge in [0.2, 0.25) is 0 Å². The number of hydrogen-bond acceptors (Lipinski definition) is 4. The van der Waals surface area contributed by atoms with Gasteiger partial charge in [0.15, 0.2) is 5.69 Å². The van der Waals surface area contributed by atoms with E-state index in [1.165, 1.54) is 0 Å². The smallest absolute Gasteiger partial charge is 0.356 e. The highest BCUT2D eigenvalue weighted by Gasteiger charge is 2.29. The van der Waals surface area contributed by atoms with Crippen molar-refractivity contribution in [1.82, 2.24) is 20.0 Å². The van der Waals surface area contributed by atoms with Crippen LogP contribution in [0, 0.1) is 0 Å². The van der Waals surface area contributed by atoms with Crippen LogP contribution in [0.15, 0.2) is 60.8 Å². The highest BCUT2D eigenvalue weighted by Crippen LogP contribution is 2.40. The van der Waals surface area contributed by atoms with E-state index in [2.05, 4.69) is 15.3 Å². The zero-order valence-electron chi connectivity index (χ0n) is 14.4. The lowest BCUT2D eigenvalue weighted by atomic mass is 9.97. The largest absolute Gasteiger partial charge is 0.476 e. The summed E-state index contributed by atoms with van der Waals surface area (Å²) in [6.07, 6.45) is 4.04. The third-order valence-corrected chi connectivity index (χ3v) is 4.87. The van der Waals surface area contributed by atoms with E-state index in [1.54, 1.807) is 4.68 Å². The van der Waals surface area contributed by atoms with Gasteiger partial charge < -0.3 is 5.11 Å². The monoisotopic (exact) mass is 356 g/mol. The maximum atomic E-state index is 12.1. The summed E-state index contributed by atoms with van der Waals surface area (Å²) in [4.78, 5) is 16.5. The van der Waals surface area contributed by atoms with Crippen molar-refractivity contribution in [2.45, 2.75) is 18.8 Å². The Hall–Kier alpha value is -3.54. The Labute approximate surface area is 155 Å². The topological polar surface area (TPSA) is 80.9 Å². The number of carboxylic acids is 1. The summed E-state index contributed by atoms with van der Waals surface area (Å²) in [5.41, 5.74) is 3.67. The molecule has 4 aromatic rings. The van der Waals surface area contributed by atoms with Crippen molar-refractivity contribution < 1.29 is 9.90 Å². The van der Waals surface area contributed by atoms with Gasteiger partial charge in [0, 0.05) is 16.9 Å². The normalized spacial score (nSPS) is 13.8. The Morgan fingerprint density at radius 3 is 2.52 bits per heavy atom. The molecule has 1 aliphatic rings. The first kappa shape index (κ1) is 15.7. The molecule has 0 saturated heterocycles. The van der Waals surface area contributed by atoms with E-state index in [4.69, 9.17) is 0 Å². The van der Waals surface area contributed by atoms with Gasteiger partial charge in [-0.1, -0.05) is 53.7 Å². The molecular weight excluding hydrogens is 340 g/mol. The van der Waals surface area contributed by atoms with Crippen LogP contribution in [-0.4, -0.2) is 31.1 Å². The summed E-state index contributed by atoms with van der Waals surface area (Å²) in [6, 6.07) is 17.3. The second-order valence-electron chi connectivity index (χ2n) is 6.73. The van der Waals surface area contributed by atoms with Gasteiger partial charge in [-0.2, -0.15) is 0 Å². The highest BCUT2D eigenvalue weighted by atomic mass is 16.4. The first-order valence-electron chi connectivity index (χ1n) is 8.86. The molecule has 2 heterocycles. The predicted octanol–water partition coefficient (Wildman–Crippen LogP) is 4.06. The second-order valence-corrected chi connectivity index (χ2v) is 6.73. The average Bonchev–Trinajstić information content (AvgIpc) is 3.44. The molecule has 0 aliphatic heterocycles. The van der Waals surface area contributed by atoms with Gasteiger partial charge >= 0.3 is 5.97 Å². The van der Waals surface area contributed by atoms with Crippen LogP contribution in [-0.2, 0) is 0 Å². The minimum absolute atomic E-state index is 0.0280. The molecule has 0 atom stereocenters. The van der Waals surface area contributed by atoms with E-state index in [0.717, 1.165) is 35.0 Å². The van der Waals surface area contributed by atoms with Gasteiger partial charge in [0.1, 0.15) is 5.69 Å². The van der Waals surface area contributed by atoms with Crippen LogP contribution in [0.25, 0.3) is 27.7 Å².